The number of nitrogens with zero attached hydrogens (tertiary/aromatic N) is 2. The quantitative estimate of drug-likeness (QED) is 0.166. The van der Waals surface area contributed by atoms with Crippen LogP contribution in [0.1, 0.15) is 35.7 Å². The first-order valence-electron chi connectivity index (χ1n) is 10.4. The lowest BCUT2D eigenvalue weighted by Crippen LogP contribution is -2.43. The van der Waals surface area contributed by atoms with Gasteiger partial charge in [0.2, 0.25) is 0 Å². The molecular formula is C22H23F5N4O6. The predicted molar refractivity (Wildman–Crippen MR) is 120 cm³/mol. The normalized spacial score (nSPS) is 12.2. The summed E-state index contributed by atoms with van der Waals surface area (Å²) >= 11 is 0. The number of aliphatic carboxylic acids is 2. The summed E-state index contributed by atoms with van der Waals surface area (Å²) in [5, 5.41) is 18.8. The Labute approximate surface area is 206 Å². The smallest absolute Gasteiger partial charge is 0.480 e. The number of nitrogens with one attached hydrogen (secondary N) is 1. The molecule has 202 valence electrons. The zero-order chi connectivity index (χ0) is 28.3. The first-order valence-corrected chi connectivity index (χ1v) is 10.4. The van der Waals surface area contributed by atoms with Crippen LogP contribution in [0.25, 0.3) is 0 Å². The highest BCUT2D eigenvalue weighted by molar-refractivity contribution is 5.96. The number of carboxylic acids is 2. The molecule has 1 heterocycles. The van der Waals surface area contributed by atoms with Gasteiger partial charge in [-0.3, -0.25) is 14.6 Å². The molecule has 0 aliphatic rings. The number of carbonyl (C=O) groups is 3. The van der Waals surface area contributed by atoms with Crippen molar-refractivity contribution in [3.8, 4) is 0 Å². The van der Waals surface area contributed by atoms with E-state index >= 15 is 0 Å². The monoisotopic (exact) mass is 534 g/mol. The molecule has 0 aliphatic heterocycles. The number of hydrogen-bond acceptors (Lipinski definition) is 5. The number of halogens is 5. The Kier molecular flexibility index (Phi) is 11.4. The van der Waals surface area contributed by atoms with Gasteiger partial charge in [0.25, 0.3) is 11.5 Å². The van der Waals surface area contributed by atoms with Gasteiger partial charge in [-0.05, 0) is 49.6 Å². The minimum absolute atomic E-state index is 0.0987. The van der Waals surface area contributed by atoms with E-state index in [2.05, 4.69) is 10.3 Å². The summed E-state index contributed by atoms with van der Waals surface area (Å²) in [5.74, 6) is -6.06. The van der Waals surface area contributed by atoms with E-state index in [0.717, 1.165) is 16.7 Å². The lowest BCUT2D eigenvalue weighted by Gasteiger charge is -2.14. The number of carboxylic acid groups (broad SMARTS) is 2. The minimum Gasteiger partial charge on any atom is -0.480 e. The van der Waals surface area contributed by atoms with Crippen LogP contribution < -0.4 is 16.6 Å². The van der Waals surface area contributed by atoms with Crippen LogP contribution in [0.3, 0.4) is 0 Å². The van der Waals surface area contributed by atoms with Gasteiger partial charge in [-0.2, -0.15) is 13.2 Å². The number of carbonyl (C=O) groups excluding carboxylic acids is 1. The highest BCUT2D eigenvalue weighted by Gasteiger charge is 2.38. The third-order valence-electron chi connectivity index (χ3n) is 4.40. The van der Waals surface area contributed by atoms with Gasteiger partial charge in [0.1, 0.15) is 23.2 Å². The van der Waals surface area contributed by atoms with Gasteiger partial charge in [0.15, 0.2) is 0 Å². The molecule has 1 atom stereocenters. The molecule has 2 rings (SSSR count). The number of pyridine rings is 1. The number of benzene rings is 1. The van der Waals surface area contributed by atoms with E-state index in [0.29, 0.717) is 24.9 Å². The first-order chi connectivity index (χ1) is 17.1. The highest BCUT2D eigenvalue weighted by atomic mass is 19.4. The van der Waals surface area contributed by atoms with E-state index in [1.807, 2.05) is 0 Å². The fourth-order valence-corrected chi connectivity index (χ4v) is 2.78. The third-order valence-corrected chi connectivity index (χ3v) is 4.40. The number of amidine groups is 1. The van der Waals surface area contributed by atoms with Crippen LogP contribution in [0.5, 0.6) is 0 Å². The number of alkyl halides is 3. The SMILES string of the molecule is CC(N)=NCCC[C@H](NC(=O)c1cccn(Cc2cc(F)cc(F)c2)c1=O)C(=O)O.O=C(O)C(F)(F)F. The molecule has 0 unspecified atom stereocenters. The van der Waals surface area contributed by atoms with Crippen LogP contribution in [0, 0.1) is 11.6 Å². The second kappa shape index (κ2) is 13.7. The summed E-state index contributed by atoms with van der Waals surface area (Å²) in [6, 6.07) is 4.32. The lowest BCUT2D eigenvalue weighted by molar-refractivity contribution is -0.192. The van der Waals surface area contributed by atoms with Gasteiger partial charge in [-0.1, -0.05) is 0 Å². The van der Waals surface area contributed by atoms with Crippen molar-refractivity contribution in [2.75, 3.05) is 6.54 Å². The maximum Gasteiger partial charge on any atom is 0.490 e. The van der Waals surface area contributed by atoms with Gasteiger partial charge in [-0.25, -0.2) is 18.4 Å². The van der Waals surface area contributed by atoms with Crippen LogP contribution in [0.4, 0.5) is 22.0 Å². The molecular weight excluding hydrogens is 511 g/mol. The molecule has 0 aliphatic carbocycles. The Bertz CT molecular complexity index is 1190. The van der Waals surface area contributed by atoms with Crippen molar-refractivity contribution in [2.24, 2.45) is 10.7 Å². The summed E-state index contributed by atoms with van der Waals surface area (Å²) in [7, 11) is 0. The minimum atomic E-state index is -5.08. The van der Waals surface area contributed by atoms with E-state index in [-0.39, 0.29) is 24.1 Å². The number of aliphatic imine (C=N–C) groups is 1. The van der Waals surface area contributed by atoms with Gasteiger partial charge < -0.3 is 25.8 Å². The fraction of sp³-hybridized carbons (Fsp3) is 0.318. The Balaban J connectivity index is 0.000000856. The van der Waals surface area contributed by atoms with Crippen molar-refractivity contribution in [1.29, 1.82) is 0 Å². The summed E-state index contributed by atoms with van der Waals surface area (Å²) in [5.41, 5.74) is 4.62. The average molecular weight is 534 g/mol. The van der Waals surface area contributed by atoms with Crippen LogP contribution >= 0.6 is 0 Å². The number of aromatic nitrogens is 1. The Hall–Kier alpha value is -4.30. The molecule has 1 aromatic carbocycles. The molecule has 2 aromatic rings. The largest absolute Gasteiger partial charge is 0.490 e. The molecule has 5 N–H and O–H groups in total. The molecule has 0 saturated heterocycles. The maximum atomic E-state index is 13.4. The Morgan fingerprint density at radius 3 is 2.19 bits per heavy atom. The maximum absolute atomic E-state index is 13.4. The second-order valence-corrected chi connectivity index (χ2v) is 7.47. The number of hydrogen-bond donors (Lipinski definition) is 4. The van der Waals surface area contributed by atoms with Crippen molar-refractivity contribution in [3.63, 3.8) is 0 Å². The zero-order valence-electron chi connectivity index (χ0n) is 19.3. The molecule has 1 aromatic heterocycles. The molecule has 1 amide bonds. The fourth-order valence-electron chi connectivity index (χ4n) is 2.78. The molecule has 0 radical (unpaired) electrons. The van der Waals surface area contributed by atoms with Gasteiger partial charge in [0, 0.05) is 18.8 Å². The number of nitrogens with two attached hydrogens (primary N) is 1. The van der Waals surface area contributed by atoms with Gasteiger partial charge in [-0.15, -0.1) is 0 Å². The first kappa shape index (κ1) is 30.7. The van der Waals surface area contributed by atoms with Gasteiger partial charge >= 0.3 is 18.1 Å². The number of amides is 1. The van der Waals surface area contributed by atoms with E-state index in [4.69, 9.17) is 15.6 Å². The van der Waals surface area contributed by atoms with Crippen molar-refractivity contribution in [1.82, 2.24) is 9.88 Å². The van der Waals surface area contributed by atoms with Crippen molar-refractivity contribution in [3.05, 3.63) is 69.6 Å². The summed E-state index contributed by atoms with van der Waals surface area (Å²) in [6.07, 6.45) is -3.25. The zero-order valence-corrected chi connectivity index (χ0v) is 19.3. The van der Waals surface area contributed by atoms with Crippen LogP contribution in [-0.2, 0) is 16.1 Å². The Morgan fingerprint density at radius 2 is 1.70 bits per heavy atom. The van der Waals surface area contributed by atoms with Gasteiger partial charge in [0.05, 0.1) is 12.4 Å². The van der Waals surface area contributed by atoms with Crippen LogP contribution in [-0.4, -0.2) is 57.2 Å². The standard InChI is InChI=1S/C20H22F2N4O4.C2HF3O2/c1-12(23)24-6-2-5-17(20(29)30)25-18(27)16-4-3-7-26(19(16)28)11-13-8-14(21)10-15(22)9-13;3-2(4,5)1(6)7/h3-4,7-10,17H,2,5-6,11H2,1H3,(H2,23,24)(H,25,27)(H,29,30);(H,6,7)/t17-;/m0./s1. The van der Waals surface area contributed by atoms with Crippen molar-refractivity contribution in [2.45, 2.75) is 38.5 Å². The molecule has 0 fully saturated rings. The van der Waals surface area contributed by atoms with Crippen molar-refractivity contribution < 1.29 is 46.5 Å². The second-order valence-electron chi connectivity index (χ2n) is 7.47. The van der Waals surface area contributed by atoms with E-state index < -0.39 is 47.3 Å². The summed E-state index contributed by atoms with van der Waals surface area (Å²) < 4.78 is 59.6. The average Bonchev–Trinajstić information content (AvgIpc) is 2.76. The summed E-state index contributed by atoms with van der Waals surface area (Å²) in [6.45, 7) is 1.76. The molecule has 15 heteroatoms. The van der Waals surface area contributed by atoms with Crippen LogP contribution in [0.2, 0.25) is 0 Å². The van der Waals surface area contributed by atoms with E-state index in [1.165, 1.54) is 18.3 Å². The molecule has 0 spiro atoms. The molecule has 37 heavy (non-hydrogen) atoms. The molecule has 10 nitrogen and oxygen atoms in total. The topological polar surface area (TPSA) is 164 Å². The number of rotatable bonds is 9. The molecule has 0 bridgehead atoms. The van der Waals surface area contributed by atoms with Crippen LogP contribution in [0.15, 0.2) is 46.3 Å². The third kappa shape index (κ3) is 10.9. The van der Waals surface area contributed by atoms with E-state index in [1.54, 1.807) is 6.92 Å². The predicted octanol–water partition coefficient (Wildman–Crippen LogP) is 2.15. The summed E-state index contributed by atoms with van der Waals surface area (Å²) in [4.78, 5) is 49.4. The van der Waals surface area contributed by atoms with E-state index in [9.17, 15) is 41.4 Å². The molecule has 0 saturated carbocycles. The lowest BCUT2D eigenvalue weighted by atomic mass is 10.1. The Morgan fingerprint density at radius 1 is 1.14 bits per heavy atom. The highest BCUT2D eigenvalue weighted by Crippen LogP contribution is 2.13. The van der Waals surface area contributed by atoms with Crippen molar-refractivity contribution >= 4 is 23.7 Å².